The molecular weight excluding hydrogens is 230 g/mol. The number of nitrogens with one attached hydrogen (secondary N) is 1. The Hall–Kier alpha value is -1.62. The Morgan fingerprint density at radius 2 is 2.33 bits per heavy atom. The molecule has 100 valence electrons. The van der Waals surface area contributed by atoms with Gasteiger partial charge in [-0.05, 0) is 25.5 Å². The lowest BCUT2D eigenvalue weighted by molar-refractivity contribution is 0.0773. The summed E-state index contributed by atoms with van der Waals surface area (Å²) in [5, 5.41) is 3.16. The summed E-state index contributed by atoms with van der Waals surface area (Å²) in [4.78, 5) is 17.9. The number of ether oxygens (including phenoxy) is 1. The molecule has 0 radical (unpaired) electrons. The summed E-state index contributed by atoms with van der Waals surface area (Å²) in [5.74, 6) is -0.0640. The lowest BCUT2D eigenvalue weighted by Crippen LogP contribution is -2.29. The maximum absolute atomic E-state index is 12.1. The maximum atomic E-state index is 12.1. The first-order valence-corrected chi connectivity index (χ1v) is 6.13. The van der Waals surface area contributed by atoms with Crippen LogP contribution < -0.4 is 5.32 Å². The van der Waals surface area contributed by atoms with E-state index in [0.29, 0.717) is 18.8 Å². The van der Waals surface area contributed by atoms with Gasteiger partial charge in [-0.1, -0.05) is 0 Å². The third-order valence-electron chi connectivity index (χ3n) is 2.55. The van der Waals surface area contributed by atoms with Crippen LogP contribution in [0.4, 0.5) is 5.69 Å². The van der Waals surface area contributed by atoms with Crippen LogP contribution >= 0.6 is 0 Å². The van der Waals surface area contributed by atoms with E-state index in [-0.39, 0.29) is 5.91 Å². The van der Waals surface area contributed by atoms with Crippen LogP contribution in [0.2, 0.25) is 0 Å². The summed E-state index contributed by atoms with van der Waals surface area (Å²) in [6.07, 6.45) is 2.47. The molecule has 18 heavy (non-hydrogen) atoms. The third kappa shape index (κ3) is 4.33. The van der Waals surface area contributed by atoms with Crippen molar-refractivity contribution in [3.8, 4) is 0 Å². The number of rotatable bonds is 7. The SMILES string of the molecule is CCNc1ccnc(C(=O)N(C)CCCOC)c1. The summed E-state index contributed by atoms with van der Waals surface area (Å²) >= 11 is 0. The largest absolute Gasteiger partial charge is 0.385 e. The van der Waals surface area contributed by atoms with Crippen LogP contribution in [0, 0.1) is 0 Å². The average Bonchev–Trinajstić information content (AvgIpc) is 2.39. The lowest BCUT2D eigenvalue weighted by atomic mass is 10.2. The quantitative estimate of drug-likeness (QED) is 0.748. The molecule has 0 atom stereocenters. The van der Waals surface area contributed by atoms with Gasteiger partial charge in [-0.3, -0.25) is 9.78 Å². The molecule has 0 bridgehead atoms. The van der Waals surface area contributed by atoms with Crippen molar-refractivity contribution in [1.29, 1.82) is 0 Å². The highest BCUT2D eigenvalue weighted by Crippen LogP contribution is 2.09. The maximum Gasteiger partial charge on any atom is 0.272 e. The van der Waals surface area contributed by atoms with Crippen molar-refractivity contribution in [2.45, 2.75) is 13.3 Å². The molecule has 1 N–H and O–H groups in total. The molecule has 0 aliphatic rings. The lowest BCUT2D eigenvalue weighted by Gasteiger charge is -2.16. The number of methoxy groups -OCH3 is 1. The van der Waals surface area contributed by atoms with Crippen LogP contribution in [-0.2, 0) is 4.74 Å². The molecule has 5 nitrogen and oxygen atoms in total. The number of carbonyl (C=O) groups excluding carboxylic acids is 1. The van der Waals surface area contributed by atoms with E-state index >= 15 is 0 Å². The Labute approximate surface area is 108 Å². The van der Waals surface area contributed by atoms with Gasteiger partial charge < -0.3 is 15.0 Å². The topological polar surface area (TPSA) is 54.5 Å². The number of anilines is 1. The van der Waals surface area contributed by atoms with Gasteiger partial charge in [-0.25, -0.2) is 0 Å². The second-order valence-corrected chi connectivity index (χ2v) is 4.03. The molecule has 1 rings (SSSR count). The van der Waals surface area contributed by atoms with Gasteiger partial charge in [0, 0.05) is 45.7 Å². The van der Waals surface area contributed by atoms with Crippen LogP contribution in [-0.4, -0.2) is 49.6 Å². The molecule has 0 aliphatic heterocycles. The predicted octanol–water partition coefficient (Wildman–Crippen LogP) is 1.62. The van der Waals surface area contributed by atoms with Gasteiger partial charge in [-0.15, -0.1) is 0 Å². The van der Waals surface area contributed by atoms with E-state index < -0.39 is 0 Å². The van der Waals surface area contributed by atoms with Gasteiger partial charge in [0.05, 0.1) is 0 Å². The monoisotopic (exact) mass is 251 g/mol. The summed E-state index contributed by atoms with van der Waals surface area (Å²) in [7, 11) is 3.43. The zero-order chi connectivity index (χ0) is 13.4. The van der Waals surface area contributed by atoms with Gasteiger partial charge >= 0.3 is 0 Å². The Morgan fingerprint density at radius 1 is 1.56 bits per heavy atom. The molecular formula is C13H21N3O2. The van der Waals surface area contributed by atoms with Crippen molar-refractivity contribution >= 4 is 11.6 Å². The number of nitrogens with zero attached hydrogens (tertiary/aromatic N) is 2. The number of carbonyl (C=O) groups is 1. The summed E-state index contributed by atoms with van der Waals surface area (Å²) < 4.78 is 4.97. The predicted molar refractivity (Wildman–Crippen MR) is 71.9 cm³/mol. The van der Waals surface area contributed by atoms with E-state index in [1.54, 1.807) is 31.3 Å². The van der Waals surface area contributed by atoms with Crippen LogP contribution in [0.3, 0.4) is 0 Å². The first-order chi connectivity index (χ1) is 8.69. The van der Waals surface area contributed by atoms with Gasteiger partial charge in [0.15, 0.2) is 0 Å². The van der Waals surface area contributed by atoms with Crippen LogP contribution in [0.1, 0.15) is 23.8 Å². The number of hydrogen-bond acceptors (Lipinski definition) is 4. The normalized spacial score (nSPS) is 10.2. The first kappa shape index (κ1) is 14.4. The molecule has 0 saturated heterocycles. The second-order valence-electron chi connectivity index (χ2n) is 4.03. The van der Waals surface area contributed by atoms with Crippen LogP contribution in [0.5, 0.6) is 0 Å². The van der Waals surface area contributed by atoms with E-state index in [9.17, 15) is 4.79 Å². The highest BCUT2D eigenvalue weighted by atomic mass is 16.5. The van der Waals surface area contributed by atoms with E-state index in [1.165, 1.54) is 0 Å². The standard InChI is InChI=1S/C13H21N3O2/c1-4-14-11-6-7-15-12(10-11)13(17)16(2)8-5-9-18-3/h6-7,10H,4-5,8-9H2,1-3H3,(H,14,15). The molecule has 5 heteroatoms. The van der Waals surface area contributed by atoms with Gasteiger partial charge in [0.2, 0.25) is 0 Å². The Balaban J connectivity index is 2.62. The molecule has 0 aromatic carbocycles. The molecule has 1 aromatic heterocycles. The fourth-order valence-corrected chi connectivity index (χ4v) is 1.60. The Morgan fingerprint density at radius 3 is 3.00 bits per heavy atom. The van der Waals surface area contributed by atoms with Crippen molar-refractivity contribution in [3.63, 3.8) is 0 Å². The van der Waals surface area contributed by atoms with Gasteiger partial charge in [0.1, 0.15) is 5.69 Å². The minimum Gasteiger partial charge on any atom is -0.385 e. The van der Waals surface area contributed by atoms with Crippen molar-refractivity contribution in [2.75, 3.05) is 39.2 Å². The highest BCUT2D eigenvalue weighted by Gasteiger charge is 2.12. The van der Waals surface area contributed by atoms with Crippen molar-refractivity contribution in [2.24, 2.45) is 0 Å². The Kier molecular flexibility index (Phi) is 6.14. The first-order valence-electron chi connectivity index (χ1n) is 6.13. The molecule has 0 unspecified atom stereocenters. The van der Waals surface area contributed by atoms with E-state index in [2.05, 4.69) is 10.3 Å². The number of amides is 1. The summed E-state index contributed by atoms with van der Waals surface area (Å²) in [6.45, 7) is 4.16. The van der Waals surface area contributed by atoms with Gasteiger partial charge in [0.25, 0.3) is 5.91 Å². The Bertz CT molecular complexity index is 382. The number of aromatic nitrogens is 1. The highest BCUT2D eigenvalue weighted by molar-refractivity contribution is 5.92. The van der Waals surface area contributed by atoms with Crippen molar-refractivity contribution in [3.05, 3.63) is 24.0 Å². The smallest absolute Gasteiger partial charge is 0.272 e. The molecule has 0 saturated carbocycles. The molecule has 0 aliphatic carbocycles. The fraction of sp³-hybridized carbons (Fsp3) is 0.538. The second kappa shape index (κ2) is 7.66. The van der Waals surface area contributed by atoms with Crippen LogP contribution in [0.25, 0.3) is 0 Å². The molecule has 1 aromatic rings. The minimum atomic E-state index is -0.0640. The molecule has 0 spiro atoms. The molecule has 1 amide bonds. The van der Waals surface area contributed by atoms with Crippen LogP contribution in [0.15, 0.2) is 18.3 Å². The van der Waals surface area contributed by atoms with Crippen molar-refractivity contribution < 1.29 is 9.53 Å². The van der Waals surface area contributed by atoms with Gasteiger partial charge in [-0.2, -0.15) is 0 Å². The third-order valence-corrected chi connectivity index (χ3v) is 2.55. The minimum absolute atomic E-state index is 0.0640. The number of pyridine rings is 1. The molecule has 1 heterocycles. The van der Waals surface area contributed by atoms with E-state index in [1.807, 2.05) is 13.0 Å². The zero-order valence-corrected chi connectivity index (χ0v) is 11.3. The van der Waals surface area contributed by atoms with E-state index in [4.69, 9.17) is 4.74 Å². The van der Waals surface area contributed by atoms with Crippen molar-refractivity contribution in [1.82, 2.24) is 9.88 Å². The molecule has 0 fully saturated rings. The zero-order valence-electron chi connectivity index (χ0n) is 11.3. The summed E-state index contributed by atoms with van der Waals surface area (Å²) in [5.41, 5.74) is 1.38. The summed E-state index contributed by atoms with van der Waals surface area (Å²) in [6, 6.07) is 3.63. The average molecular weight is 251 g/mol. The van der Waals surface area contributed by atoms with E-state index in [0.717, 1.165) is 18.7 Å². The fourth-order valence-electron chi connectivity index (χ4n) is 1.60. The number of hydrogen-bond donors (Lipinski definition) is 1.